The largest absolute Gasteiger partial charge is 0.382 e. The maximum atomic E-state index is 13.8. The average Bonchev–Trinajstić information content (AvgIpc) is 3.18. The van der Waals surface area contributed by atoms with Crippen LogP contribution in [0.15, 0.2) is 77.9 Å². The lowest BCUT2D eigenvalue weighted by atomic mass is 10.1. The quantitative estimate of drug-likeness (QED) is 0.406. The maximum absolute atomic E-state index is 13.8. The Balaban J connectivity index is 1.62. The Morgan fingerprint density at radius 3 is 2.74 bits per heavy atom. The molecule has 170 valence electrons. The number of benzene rings is 2. The van der Waals surface area contributed by atoms with E-state index in [9.17, 15) is 4.79 Å². The molecule has 8 nitrogen and oxygen atoms in total. The molecule has 1 unspecified atom stereocenters. The summed E-state index contributed by atoms with van der Waals surface area (Å²) in [7, 11) is 0. The predicted octanol–water partition coefficient (Wildman–Crippen LogP) is 3.89. The van der Waals surface area contributed by atoms with Crippen molar-refractivity contribution in [3.8, 4) is 5.69 Å². The molecule has 0 spiro atoms. The second-order valence-electron chi connectivity index (χ2n) is 8.04. The van der Waals surface area contributed by atoms with E-state index in [0.29, 0.717) is 34.7 Å². The molecule has 3 heterocycles. The highest BCUT2D eigenvalue weighted by Crippen LogP contribution is 2.22. The number of nitrogens with two attached hydrogens (primary N) is 1. The standard InChI is InChI=1S/C26H25N7O/c1-3-9-18-10-7-13-21-22(18)26(34)33(19-11-5-4-6-12-19)24(30-21)17(2)29-16-20-23(27)31-32-15-8-14-28-25(20)32/h3-15,17,29H,16H2,1-2H3,(H2,27,31). The van der Waals surface area contributed by atoms with E-state index in [1.807, 2.05) is 80.7 Å². The number of nitrogens with zero attached hydrogens (tertiary/aromatic N) is 5. The molecule has 34 heavy (non-hydrogen) atoms. The fourth-order valence-electron chi connectivity index (χ4n) is 4.18. The molecular weight excluding hydrogens is 426 g/mol. The first-order valence-corrected chi connectivity index (χ1v) is 11.1. The summed E-state index contributed by atoms with van der Waals surface area (Å²) in [5, 5.41) is 8.39. The number of nitrogens with one attached hydrogen (secondary N) is 1. The Kier molecular flexibility index (Phi) is 5.65. The number of fused-ring (bicyclic) bond motifs is 2. The molecule has 0 amide bonds. The van der Waals surface area contributed by atoms with Gasteiger partial charge in [0.25, 0.3) is 5.56 Å². The number of nitrogen functional groups attached to an aromatic ring is 1. The predicted molar refractivity (Wildman–Crippen MR) is 135 cm³/mol. The van der Waals surface area contributed by atoms with Gasteiger partial charge in [0.05, 0.1) is 28.2 Å². The Morgan fingerprint density at radius 1 is 1.12 bits per heavy atom. The van der Waals surface area contributed by atoms with Gasteiger partial charge in [-0.05, 0) is 43.7 Å². The zero-order valence-corrected chi connectivity index (χ0v) is 19.0. The smallest absolute Gasteiger partial charge is 0.266 e. The molecule has 0 fully saturated rings. The van der Waals surface area contributed by atoms with Gasteiger partial charge >= 0.3 is 0 Å². The number of hydrogen-bond donors (Lipinski definition) is 2. The molecule has 1 atom stereocenters. The zero-order valence-electron chi connectivity index (χ0n) is 19.0. The third kappa shape index (κ3) is 3.74. The molecule has 0 aliphatic rings. The van der Waals surface area contributed by atoms with Crippen molar-refractivity contribution in [1.82, 2.24) is 29.5 Å². The minimum Gasteiger partial charge on any atom is -0.382 e. The number of allylic oxidation sites excluding steroid dienone is 1. The van der Waals surface area contributed by atoms with E-state index in [4.69, 9.17) is 10.7 Å². The molecule has 2 aromatic carbocycles. The summed E-state index contributed by atoms with van der Waals surface area (Å²) < 4.78 is 3.35. The molecule has 3 N–H and O–H groups in total. The normalized spacial score (nSPS) is 12.6. The van der Waals surface area contributed by atoms with E-state index in [0.717, 1.165) is 16.8 Å². The molecule has 0 radical (unpaired) electrons. The Labute approximate surface area is 196 Å². The lowest BCUT2D eigenvalue weighted by molar-refractivity contribution is 0.534. The topological polar surface area (TPSA) is 103 Å². The van der Waals surface area contributed by atoms with Crippen molar-refractivity contribution < 1.29 is 0 Å². The van der Waals surface area contributed by atoms with Crippen LogP contribution in [0.2, 0.25) is 0 Å². The van der Waals surface area contributed by atoms with Crippen molar-refractivity contribution in [2.75, 3.05) is 5.73 Å². The van der Waals surface area contributed by atoms with Crippen LogP contribution in [0.25, 0.3) is 28.3 Å². The lowest BCUT2D eigenvalue weighted by Gasteiger charge is -2.20. The number of anilines is 1. The van der Waals surface area contributed by atoms with Gasteiger partial charge < -0.3 is 11.1 Å². The van der Waals surface area contributed by atoms with Gasteiger partial charge in [0, 0.05) is 18.9 Å². The van der Waals surface area contributed by atoms with E-state index in [-0.39, 0.29) is 11.6 Å². The minimum atomic E-state index is -0.263. The highest BCUT2D eigenvalue weighted by atomic mass is 16.1. The number of aromatic nitrogens is 5. The van der Waals surface area contributed by atoms with Crippen LogP contribution < -0.4 is 16.6 Å². The van der Waals surface area contributed by atoms with Crippen molar-refractivity contribution in [1.29, 1.82) is 0 Å². The van der Waals surface area contributed by atoms with Crippen molar-refractivity contribution in [3.63, 3.8) is 0 Å². The molecule has 0 aliphatic heterocycles. The number of para-hydroxylation sites is 1. The van der Waals surface area contributed by atoms with Gasteiger partial charge in [-0.15, -0.1) is 5.10 Å². The fourth-order valence-corrected chi connectivity index (χ4v) is 4.18. The first-order chi connectivity index (χ1) is 16.6. The van der Waals surface area contributed by atoms with Gasteiger partial charge in [0.1, 0.15) is 5.82 Å². The number of hydrogen-bond acceptors (Lipinski definition) is 6. The summed E-state index contributed by atoms with van der Waals surface area (Å²) in [4.78, 5) is 23.2. The SMILES string of the molecule is CC=Cc1cccc2nc(C(C)NCc3c(N)nn4cccnc34)n(-c3ccccc3)c(=O)c12. The van der Waals surface area contributed by atoms with Crippen LogP contribution in [0.1, 0.15) is 36.8 Å². The van der Waals surface area contributed by atoms with E-state index in [1.165, 1.54) is 0 Å². The van der Waals surface area contributed by atoms with E-state index >= 15 is 0 Å². The number of rotatable bonds is 6. The van der Waals surface area contributed by atoms with Crippen molar-refractivity contribution in [2.24, 2.45) is 0 Å². The first kappa shape index (κ1) is 21.5. The molecule has 5 rings (SSSR count). The highest BCUT2D eigenvalue weighted by Gasteiger charge is 2.20. The van der Waals surface area contributed by atoms with Crippen LogP contribution in [-0.2, 0) is 6.54 Å². The second-order valence-corrected chi connectivity index (χ2v) is 8.04. The average molecular weight is 452 g/mol. The van der Waals surface area contributed by atoms with Gasteiger partial charge in [0.15, 0.2) is 11.5 Å². The molecule has 0 aliphatic carbocycles. The molecular formula is C26H25N7O. The van der Waals surface area contributed by atoms with Crippen LogP contribution >= 0.6 is 0 Å². The Bertz CT molecular complexity index is 1570. The monoisotopic (exact) mass is 451 g/mol. The Morgan fingerprint density at radius 2 is 1.94 bits per heavy atom. The zero-order chi connectivity index (χ0) is 23.7. The third-order valence-electron chi connectivity index (χ3n) is 5.81. The van der Waals surface area contributed by atoms with Gasteiger partial charge in [-0.3, -0.25) is 9.36 Å². The van der Waals surface area contributed by atoms with Crippen LogP contribution in [0, 0.1) is 0 Å². The van der Waals surface area contributed by atoms with Gasteiger partial charge in [-0.1, -0.05) is 42.5 Å². The van der Waals surface area contributed by atoms with Crippen LogP contribution in [0.3, 0.4) is 0 Å². The van der Waals surface area contributed by atoms with Crippen molar-refractivity contribution in [2.45, 2.75) is 26.4 Å². The Hall–Kier alpha value is -4.30. The lowest BCUT2D eigenvalue weighted by Crippen LogP contribution is -2.30. The van der Waals surface area contributed by atoms with E-state index in [2.05, 4.69) is 15.4 Å². The fraction of sp³-hybridized carbons (Fsp3) is 0.154. The first-order valence-electron chi connectivity index (χ1n) is 11.1. The minimum absolute atomic E-state index is 0.106. The van der Waals surface area contributed by atoms with Crippen LogP contribution in [0.4, 0.5) is 5.82 Å². The summed E-state index contributed by atoms with van der Waals surface area (Å²) in [6.45, 7) is 4.34. The van der Waals surface area contributed by atoms with Gasteiger partial charge in [-0.25, -0.2) is 14.5 Å². The molecule has 5 aromatic rings. The molecule has 3 aromatic heterocycles. The van der Waals surface area contributed by atoms with Gasteiger partial charge in [-0.2, -0.15) is 0 Å². The molecule has 0 bridgehead atoms. The van der Waals surface area contributed by atoms with Gasteiger partial charge in [0.2, 0.25) is 0 Å². The summed E-state index contributed by atoms with van der Waals surface area (Å²) in [6, 6.07) is 16.9. The summed E-state index contributed by atoms with van der Waals surface area (Å²) >= 11 is 0. The summed E-state index contributed by atoms with van der Waals surface area (Å²) in [6.07, 6.45) is 7.38. The molecule has 0 saturated carbocycles. The van der Waals surface area contributed by atoms with Crippen LogP contribution in [-0.4, -0.2) is 24.1 Å². The summed E-state index contributed by atoms with van der Waals surface area (Å²) in [5.74, 6) is 1.03. The third-order valence-corrected chi connectivity index (χ3v) is 5.81. The van der Waals surface area contributed by atoms with E-state index in [1.54, 1.807) is 21.3 Å². The van der Waals surface area contributed by atoms with E-state index < -0.39 is 0 Å². The second kappa shape index (κ2) is 8.92. The maximum Gasteiger partial charge on any atom is 0.266 e. The molecule has 8 heteroatoms. The summed E-state index contributed by atoms with van der Waals surface area (Å²) in [5.41, 5.74) is 9.82. The van der Waals surface area contributed by atoms with Crippen molar-refractivity contribution >= 4 is 28.4 Å². The van der Waals surface area contributed by atoms with Crippen LogP contribution in [0.5, 0.6) is 0 Å². The highest BCUT2D eigenvalue weighted by molar-refractivity contribution is 5.87. The molecule has 0 saturated heterocycles. The van der Waals surface area contributed by atoms with Crippen molar-refractivity contribution in [3.05, 3.63) is 100 Å².